The number of nitrogens with one attached hydrogen (secondary N) is 1. The highest BCUT2D eigenvalue weighted by atomic mass is 19.4. The fourth-order valence-corrected chi connectivity index (χ4v) is 2.19. The van der Waals surface area contributed by atoms with E-state index >= 15 is 0 Å². The maximum absolute atomic E-state index is 12.8. The number of aromatic nitrogens is 2. The zero-order chi connectivity index (χ0) is 14.9. The monoisotopic (exact) mass is 290 g/mol. The van der Waals surface area contributed by atoms with Gasteiger partial charge in [-0.1, -0.05) is 6.92 Å². The summed E-state index contributed by atoms with van der Waals surface area (Å²) in [5, 5.41) is 12.2. The maximum atomic E-state index is 12.8. The van der Waals surface area contributed by atoms with Gasteiger partial charge in [0.05, 0.1) is 6.10 Å². The number of rotatable bonds is 2. The molecule has 0 bridgehead atoms. The van der Waals surface area contributed by atoms with Crippen LogP contribution in [-0.2, 0) is 6.18 Å². The molecule has 1 aliphatic rings. The molecule has 1 fully saturated rings. The van der Waals surface area contributed by atoms with E-state index in [-0.39, 0.29) is 17.7 Å². The van der Waals surface area contributed by atoms with E-state index in [2.05, 4.69) is 15.3 Å². The molecule has 2 atom stereocenters. The third-order valence-electron chi connectivity index (χ3n) is 3.41. The van der Waals surface area contributed by atoms with Crippen LogP contribution >= 0.6 is 0 Å². The molecule has 1 saturated heterocycles. The van der Waals surface area contributed by atoms with Crippen LogP contribution in [-0.4, -0.2) is 41.3 Å². The number of nitrogens with zero attached hydrogens (tertiary/aromatic N) is 3. The van der Waals surface area contributed by atoms with Gasteiger partial charge >= 0.3 is 6.18 Å². The van der Waals surface area contributed by atoms with E-state index in [9.17, 15) is 18.3 Å². The van der Waals surface area contributed by atoms with Crippen LogP contribution in [0.4, 0.5) is 24.9 Å². The first-order chi connectivity index (χ1) is 9.31. The van der Waals surface area contributed by atoms with Crippen molar-refractivity contribution in [2.45, 2.75) is 25.6 Å². The molecule has 8 heteroatoms. The van der Waals surface area contributed by atoms with Gasteiger partial charge in [-0.2, -0.15) is 18.2 Å². The van der Waals surface area contributed by atoms with Crippen LogP contribution < -0.4 is 10.2 Å². The summed E-state index contributed by atoms with van der Waals surface area (Å²) in [6.07, 6.45) is -4.41. The van der Waals surface area contributed by atoms with Crippen molar-refractivity contribution >= 4 is 11.8 Å². The summed E-state index contributed by atoms with van der Waals surface area (Å²) in [7, 11) is 1.47. The zero-order valence-corrected chi connectivity index (χ0v) is 11.3. The van der Waals surface area contributed by atoms with E-state index in [0.29, 0.717) is 19.5 Å². The fourth-order valence-electron chi connectivity index (χ4n) is 2.19. The Hall–Kier alpha value is -1.57. The van der Waals surface area contributed by atoms with Crippen LogP contribution in [0, 0.1) is 5.92 Å². The predicted molar refractivity (Wildman–Crippen MR) is 68.6 cm³/mol. The van der Waals surface area contributed by atoms with Gasteiger partial charge in [-0.3, -0.25) is 0 Å². The predicted octanol–water partition coefficient (Wildman–Crippen LogP) is 1.74. The van der Waals surface area contributed by atoms with Crippen LogP contribution in [0.1, 0.15) is 19.0 Å². The van der Waals surface area contributed by atoms with Crippen molar-refractivity contribution in [2.75, 3.05) is 30.4 Å². The second-order valence-electron chi connectivity index (χ2n) is 4.96. The number of anilines is 2. The molecule has 0 aromatic carbocycles. The summed E-state index contributed by atoms with van der Waals surface area (Å²) < 4.78 is 38.4. The van der Waals surface area contributed by atoms with E-state index in [1.54, 1.807) is 4.90 Å². The highest BCUT2D eigenvalue weighted by Crippen LogP contribution is 2.31. The Balaban J connectivity index is 2.31. The molecule has 0 radical (unpaired) electrons. The van der Waals surface area contributed by atoms with Crippen molar-refractivity contribution in [3.8, 4) is 0 Å². The van der Waals surface area contributed by atoms with Gasteiger partial charge < -0.3 is 15.3 Å². The molecule has 0 saturated carbocycles. The zero-order valence-electron chi connectivity index (χ0n) is 11.3. The van der Waals surface area contributed by atoms with Gasteiger partial charge in [0.1, 0.15) is 5.82 Å². The normalized spacial score (nSPS) is 23.8. The van der Waals surface area contributed by atoms with Crippen molar-refractivity contribution in [3.63, 3.8) is 0 Å². The minimum Gasteiger partial charge on any atom is -0.393 e. The first kappa shape index (κ1) is 14.8. The Bertz CT molecular complexity index is 480. The second-order valence-corrected chi connectivity index (χ2v) is 4.96. The van der Waals surface area contributed by atoms with Crippen LogP contribution in [0.2, 0.25) is 0 Å². The van der Waals surface area contributed by atoms with Gasteiger partial charge in [-0.15, -0.1) is 0 Å². The Morgan fingerprint density at radius 3 is 2.65 bits per heavy atom. The molecule has 0 spiro atoms. The smallest absolute Gasteiger partial charge is 0.393 e. The van der Waals surface area contributed by atoms with Crippen molar-refractivity contribution < 1.29 is 18.3 Å². The van der Waals surface area contributed by atoms with E-state index in [1.165, 1.54) is 7.05 Å². The third kappa shape index (κ3) is 3.12. The van der Waals surface area contributed by atoms with E-state index < -0.39 is 18.0 Å². The first-order valence-electron chi connectivity index (χ1n) is 6.38. The number of aliphatic hydroxyl groups excluding tert-OH is 1. The number of hydrogen-bond donors (Lipinski definition) is 2. The minimum atomic E-state index is -4.51. The first-order valence-corrected chi connectivity index (χ1v) is 6.38. The topological polar surface area (TPSA) is 61.3 Å². The van der Waals surface area contributed by atoms with Crippen molar-refractivity contribution in [1.82, 2.24) is 9.97 Å². The van der Waals surface area contributed by atoms with Gasteiger partial charge in [0.15, 0.2) is 5.69 Å². The summed E-state index contributed by atoms with van der Waals surface area (Å²) >= 11 is 0. The van der Waals surface area contributed by atoms with Gasteiger partial charge in [-0.25, -0.2) is 4.98 Å². The summed E-state index contributed by atoms with van der Waals surface area (Å²) in [5.41, 5.74) is -0.967. The number of alkyl halides is 3. The molecule has 0 aliphatic carbocycles. The lowest BCUT2D eigenvalue weighted by molar-refractivity contribution is -0.141. The Labute approximate surface area is 114 Å². The molecule has 2 N–H and O–H groups in total. The van der Waals surface area contributed by atoms with Gasteiger partial charge in [0, 0.05) is 26.2 Å². The minimum absolute atomic E-state index is 0.00825. The quantitative estimate of drug-likeness (QED) is 0.869. The molecule has 2 rings (SSSR count). The summed E-state index contributed by atoms with van der Waals surface area (Å²) in [6, 6.07) is 0.950. The average Bonchev–Trinajstić information content (AvgIpc) is 2.40. The Morgan fingerprint density at radius 2 is 2.10 bits per heavy atom. The molecule has 1 aromatic heterocycles. The third-order valence-corrected chi connectivity index (χ3v) is 3.41. The van der Waals surface area contributed by atoms with Gasteiger partial charge in [0.25, 0.3) is 0 Å². The molecule has 1 aromatic rings. The molecular weight excluding hydrogens is 273 g/mol. The molecule has 112 valence electrons. The summed E-state index contributed by atoms with van der Waals surface area (Å²) in [6.45, 7) is 2.81. The number of piperidine rings is 1. The SMILES string of the molecule is CNc1nc(N2CCC(O)C(C)C2)cc(C(F)(F)F)n1. The van der Waals surface area contributed by atoms with Crippen molar-refractivity contribution in [2.24, 2.45) is 5.92 Å². The Kier molecular flexibility index (Phi) is 4.03. The molecule has 2 unspecified atom stereocenters. The van der Waals surface area contributed by atoms with Gasteiger partial charge in [0.2, 0.25) is 5.95 Å². The molecule has 0 amide bonds. The standard InChI is InChI=1S/C12H17F3N4O/c1-7-6-19(4-3-8(7)20)10-5-9(12(13,14)15)17-11(16-2)18-10/h5,7-8,20H,3-4,6H2,1-2H3,(H,16,17,18). The van der Waals surface area contributed by atoms with E-state index in [4.69, 9.17) is 0 Å². The summed E-state index contributed by atoms with van der Waals surface area (Å²) in [4.78, 5) is 9.24. The molecule has 2 heterocycles. The lowest BCUT2D eigenvalue weighted by Gasteiger charge is -2.35. The number of halogens is 3. The lowest BCUT2D eigenvalue weighted by Crippen LogP contribution is -2.42. The van der Waals surface area contributed by atoms with Crippen LogP contribution in [0.5, 0.6) is 0 Å². The maximum Gasteiger partial charge on any atom is 0.433 e. The van der Waals surface area contributed by atoms with Crippen LogP contribution in [0.3, 0.4) is 0 Å². The molecule has 1 aliphatic heterocycles. The number of hydrogen-bond acceptors (Lipinski definition) is 5. The van der Waals surface area contributed by atoms with Crippen LogP contribution in [0.15, 0.2) is 6.07 Å². The van der Waals surface area contributed by atoms with Gasteiger partial charge in [-0.05, 0) is 12.3 Å². The van der Waals surface area contributed by atoms with Crippen molar-refractivity contribution in [3.05, 3.63) is 11.8 Å². The van der Waals surface area contributed by atoms with E-state index in [1.807, 2.05) is 6.92 Å². The average molecular weight is 290 g/mol. The second kappa shape index (κ2) is 5.43. The van der Waals surface area contributed by atoms with Crippen LogP contribution in [0.25, 0.3) is 0 Å². The lowest BCUT2D eigenvalue weighted by atomic mass is 9.97. The van der Waals surface area contributed by atoms with Crippen molar-refractivity contribution in [1.29, 1.82) is 0 Å². The molecule has 5 nitrogen and oxygen atoms in total. The largest absolute Gasteiger partial charge is 0.433 e. The fraction of sp³-hybridized carbons (Fsp3) is 0.667. The van der Waals surface area contributed by atoms with E-state index in [0.717, 1.165) is 6.07 Å². The highest BCUT2D eigenvalue weighted by molar-refractivity contribution is 5.46. The highest BCUT2D eigenvalue weighted by Gasteiger charge is 2.35. The molecule has 20 heavy (non-hydrogen) atoms. The number of aliphatic hydroxyl groups is 1. The molecular formula is C12H17F3N4O. The Morgan fingerprint density at radius 1 is 1.40 bits per heavy atom. The summed E-state index contributed by atoms with van der Waals surface area (Å²) in [5.74, 6) is 0.162.